The molecule has 0 bridgehead atoms. The van der Waals surface area contributed by atoms with Crippen LogP contribution in [-0.4, -0.2) is 18.4 Å². The first-order valence-electron chi connectivity index (χ1n) is 6.66. The molecular formula is C16H16FN3O2. The lowest BCUT2D eigenvalue weighted by Crippen LogP contribution is -2.23. The number of benzene rings is 2. The number of anilines is 2. The third-order valence-corrected chi connectivity index (χ3v) is 3.11. The molecule has 0 saturated heterocycles. The molecule has 2 aromatic rings. The fraction of sp³-hybridized carbons (Fsp3) is 0.125. The first-order chi connectivity index (χ1) is 10.5. The van der Waals surface area contributed by atoms with Gasteiger partial charge < -0.3 is 16.4 Å². The number of primary amides is 1. The fourth-order valence-electron chi connectivity index (χ4n) is 1.95. The van der Waals surface area contributed by atoms with Crippen molar-refractivity contribution in [3.63, 3.8) is 0 Å². The number of nitrogens with two attached hydrogens (primary N) is 1. The van der Waals surface area contributed by atoms with Gasteiger partial charge in [-0.15, -0.1) is 0 Å². The Bertz CT molecular complexity index is 716. The molecule has 6 heteroatoms. The van der Waals surface area contributed by atoms with Gasteiger partial charge in [0.1, 0.15) is 5.82 Å². The van der Waals surface area contributed by atoms with Crippen molar-refractivity contribution < 1.29 is 14.0 Å². The zero-order valence-electron chi connectivity index (χ0n) is 12.0. The van der Waals surface area contributed by atoms with Gasteiger partial charge >= 0.3 is 0 Å². The summed E-state index contributed by atoms with van der Waals surface area (Å²) in [6.45, 7) is 1.70. The number of nitrogens with one attached hydrogen (secondary N) is 2. The van der Waals surface area contributed by atoms with Gasteiger partial charge in [0.15, 0.2) is 0 Å². The molecular weight excluding hydrogens is 285 g/mol. The summed E-state index contributed by atoms with van der Waals surface area (Å²) in [7, 11) is 0. The molecule has 4 N–H and O–H groups in total. The van der Waals surface area contributed by atoms with E-state index in [1.54, 1.807) is 37.3 Å². The van der Waals surface area contributed by atoms with Crippen LogP contribution in [0.1, 0.15) is 15.9 Å². The molecule has 2 rings (SSSR count). The minimum Gasteiger partial charge on any atom is -0.376 e. The van der Waals surface area contributed by atoms with E-state index in [9.17, 15) is 14.0 Å². The molecule has 0 saturated carbocycles. The zero-order chi connectivity index (χ0) is 16.1. The summed E-state index contributed by atoms with van der Waals surface area (Å²) in [5.41, 5.74) is 7.20. The fourth-order valence-corrected chi connectivity index (χ4v) is 1.95. The summed E-state index contributed by atoms with van der Waals surface area (Å²) in [6.07, 6.45) is 0. The molecule has 0 aliphatic carbocycles. The standard InChI is InChI=1S/C16H16FN3O2/c1-10-6-7-11(17)8-14(10)20-15(21)9-19-13-5-3-2-4-12(13)16(18)22/h2-8,19H,9H2,1H3,(H2,18,22)(H,20,21). The van der Waals surface area contributed by atoms with Crippen LogP contribution in [0, 0.1) is 12.7 Å². The second kappa shape index (κ2) is 6.71. The maximum absolute atomic E-state index is 13.2. The van der Waals surface area contributed by atoms with Crippen LogP contribution in [0.2, 0.25) is 0 Å². The van der Waals surface area contributed by atoms with Crippen LogP contribution in [-0.2, 0) is 4.79 Å². The van der Waals surface area contributed by atoms with E-state index in [1.807, 2.05) is 0 Å². The van der Waals surface area contributed by atoms with E-state index >= 15 is 0 Å². The van der Waals surface area contributed by atoms with Gasteiger partial charge in [-0.3, -0.25) is 9.59 Å². The summed E-state index contributed by atoms with van der Waals surface area (Å²) in [6, 6.07) is 10.8. The zero-order valence-corrected chi connectivity index (χ0v) is 12.0. The highest BCUT2D eigenvalue weighted by Gasteiger charge is 2.09. The van der Waals surface area contributed by atoms with E-state index < -0.39 is 11.7 Å². The highest BCUT2D eigenvalue weighted by Crippen LogP contribution is 2.16. The van der Waals surface area contributed by atoms with E-state index in [2.05, 4.69) is 10.6 Å². The molecule has 22 heavy (non-hydrogen) atoms. The van der Waals surface area contributed by atoms with Crippen molar-refractivity contribution in [2.24, 2.45) is 5.73 Å². The Hall–Kier alpha value is -2.89. The molecule has 0 radical (unpaired) electrons. The van der Waals surface area contributed by atoms with Gasteiger partial charge in [-0.1, -0.05) is 18.2 Å². The second-order valence-corrected chi connectivity index (χ2v) is 4.77. The van der Waals surface area contributed by atoms with E-state index in [-0.39, 0.29) is 12.5 Å². The van der Waals surface area contributed by atoms with Crippen molar-refractivity contribution in [1.29, 1.82) is 0 Å². The summed E-state index contributed by atoms with van der Waals surface area (Å²) in [5.74, 6) is -1.36. The van der Waals surface area contributed by atoms with Crippen molar-refractivity contribution >= 4 is 23.2 Å². The van der Waals surface area contributed by atoms with Crippen LogP contribution in [0.4, 0.5) is 15.8 Å². The number of carbonyl (C=O) groups is 2. The summed E-state index contributed by atoms with van der Waals surface area (Å²) >= 11 is 0. The second-order valence-electron chi connectivity index (χ2n) is 4.77. The smallest absolute Gasteiger partial charge is 0.250 e. The first kappa shape index (κ1) is 15.5. The highest BCUT2D eigenvalue weighted by atomic mass is 19.1. The lowest BCUT2D eigenvalue weighted by Gasteiger charge is -2.11. The van der Waals surface area contributed by atoms with Gasteiger partial charge in [-0.2, -0.15) is 0 Å². The minimum atomic E-state index is -0.579. The van der Waals surface area contributed by atoms with Crippen LogP contribution >= 0.6 is 0 Å². The van der Waals surface area contributed by atoms with Crippen LogP contribution < -0.4 is 16.4 Å². The monoisotopic (exact) mass is 301 g/mol. The normalized spacial score (nSPS) is 10.1. The van der Waals surface area contributed by atoms with E-state index in [0.717, 1.165) is 5.56 Å². The predicted molar refractivity (Wildman–Crippen MR) is 83.2 cm³/mol. The van der Waals surface area contributed by atoms with Crippen molar-refractivity contribution in [2.45, 2.75) is 6.92 Å². The number of aryl methyl sites for hydroxylation is 1. The number of para-hydroxylation sites is 1. The molecule has 0 unspecified atom stereocenters. The summed E-state index contributed by atoms with van der Waals surface area (Å²) in [4.78, 5) is 23.2. The number of amides is 2. The predicted octanol–water partition coefficient (Wildman–Crippen LogP) is 2.28. The molecule has 2 amide bonds. The van der Waals surface area contributed by atoms with Gasteiger partial charge in [0.25, 0.3) is 5.91 Å². The molecule has 2 aromatic carbocycles. The van der Waals surface area contributed by atoms with Gasteiger partial charge in [0.2, 0.25) is 5.91 Å². The SMILES string of the molecule is Cc1ccc(F)cc1NC(=O)CNc1ccccc1C(N)=O. The minimum absolute atomic E-state index is 0.0692. The third-order valence-electron chi connectivity index (χ3n) is 3.11. The number of hydrogen-bond donors (Lipinski definition) is 3. The van der Waals surface area contributed by atoms with E-state index in [0.29, 0.717) is 16.9 Å². The summed E-state index contributed by atoms with van der Waals surface area (Å²) < 4.78 is 13.2. The van der Waals surface area contributed by atoms with Crippen LogP contribution in [0.15, 0.2) is 42.5 Å². The molecule has 0 spiro atoms. The van der Waals surface area contributed by atoms with Gasteiger partial charge in [-0.25, -0.2) is 4.39 Å². The Morgan fingerprint density at radius 1 is 1.14 bits per heavy atom. The van der Waals surface area contributed by atoms with E-state index in [1.165, 1.54) is 12.1 Å². The highest BCUT2D eigenvalue weighted by molar-refractivity contribution is 6.00. The van der Waals surface area contributed by atoms with Crippen LogP contribution in [0.3, 0.4) is 0 Å². The maximum Gasteiger partial charge on any atom is 0.250 e. The number of halogens is 1. The lowest BCUT2D eigenvalue weighted by atomic mass is 10.1. The number of rotatable bonds is 5. The molecule has 114 valence electrons. The first-order valence-corrected chi connectivity index (χ1v) is 6.66. The van der Waals surface area contributed by atoms with Gasteiger partial charge in [0.05, 0.1) is 12.1 Å². The lowest BCUT2D eigenvalue weighted by molar-refractivity contribution is -0.114. The Balaban J connectivity index is 2.02. The van der Waals surface area contributed by atoms with E-state index in [4.69, 9.17) is 5.73 Å². The van der Waals surface area contributed by atoms with Crippen LogP contribution in [0.25, 0.3) is 0 Å². The third kappa shape index (κ3) is 3.82. The Morgan fingerprint density at radius 2 is 1.86 bits per heavy atom. The average molecular weight is 301 g/mol. The Labute approximate surface area is 127 Å². The largest absolute Gasteiger partial charge is 0.376 e. The van der Waals surface area contributed by atoms with Gasteiger partial charge in [0, 0.05) is 11.4 Å². The molecule has 0 fully saturated rings. The Kier molecular flexibility index (Phi) is 4.73. The maximum atomic E-state index is 13.2. The van der Waals surface area contributed by atoms with Crippen LogP contribution in [0.5, 0.6) is 0 Å². The van der Waals surface area contributed by atoms with Crippen molar-refractivity contribution in [2.75, 3.05) is 17.2 Å². The molecule has 0 atom stereocenters. The van der Waals surface area contributed by atoms with Gasteiger partial charge in [-0.05, 0) is 36.8 Å². The quantitative estimate of drug-likeness (QED) is 0.792. The number of hydrogen-bond acceptors (Lipinski definition) is 3. The van der Waals surface area contributed by atoms with Crippen molar-refractivity contribution in [3.8, 4) is 0 Å². The van der Waals surface area contributed by atoms with Crippen molar-refractivity contribution in [1.82, 2.24) is 0 Å². The Morgan fingerprint density at radius 3 is 2.59 bits per heavy atom. The molecule has 0 aliphatic heterocycles. The molecule has 0 aromatic heterocycles. The molecule has 0 aliphatic rings. The molecule has 5 nitrogen and oxygen atoms in total. The number of carbonyl (C=O) groups excluding carboxylic acids is 2. The molecule has 0 heterocycles. The summed E-state index contributed by atoms with van der Waals surface area (Å²) in [5, 5.41) is 5.45. The topological polar surface area (TPSA) is 84.2 Å². The van der Waals surface area contributed by atoms with Crippen molar-refractivity contribution in [3.05, 3.63) is 59.4 Å². The average Bonchev–Trinajstić information content (AvgIpc) is 2.49.